The molecule has 0 radical (unpaired) electrons. The van der Waals surface area contributed by atoms with Gasteiger partial charge >= 0.3 is 0 Å². The highest BCUT2D eigenvalue weighted by Crippen LogP contribution is 2.05. The Hall–Kier alpha value is 0.507. The van der Waals surface area contributed by atoms with Gasteiger partial charge in [-0.3, -0.25) is 0 Å². The summed E-state index contributed by atoms with van der Waals surface area (Å²) in [6.45, 7) is 4.41. The van der Waals surface area contributed by atoms with Crippen LogP contribution in [-0.4, -0.2) is 8.11 Å². The number of unbranched alkanes of at least 4 members (excludes halogenated alkanes) is 2. The van der Waals surface area contributed by atoms with Crippen molar-refractivity contribution in [2.45, 2.75) is 38.8 Å². The lowest BCUT2D eigenvalue weighted by molar-refractivity contribution is 0.768. The lowest BCUT2D eigenvalue weighted by atomic mass is 10.3. The summed E-state index contributed by atoms with van der Waals surface area (Å²) in [6.07, 6.45) is 4.04. The summed E-state index contributed by atoms with van der Waals surface area (Å²) in [5, 5.41) is 0. The summed E-state index contributed by atoms with van der Waals surface area (Å²) in [7, 11) is -0.730. The molecule has 0 aliphatic rings. The summed E-state index contributed by atoms with van der Waals surface area (Å²) in [6, 6.07) is 1.31. The fourth-order valence-electron chi connectivity index (χ4n) is 0.676. The first kappa shape index (κ1) is 8.51. The van der Waals surface area contributed by atoms with E-state index in [-0.39, 0.29) is 0 Å². The van der Waals surface area contributed by atoms with E-state index in [9.17, 15) is 0 Å². The molecule has 0 aromatic heterocycles. The average Bonchev–Trinajstić information content (AvgIpc) is 1.66. The fourth-order valence-corrected chi connectivity index (χ4v) is 1.99. The molecule has 0 aliphatic heterocycles. The Balaban J connectivity index is 2.72. The van der Waals surface area contributed by atoms with Crippen LogP contribution in [0.5, 0.6) is 0 Å². The smallest absolute Gasteiger partial charge is 0.138 e. The largest absolute Gasteiger partial charge is 0.172 e. The third-order valence-electron chi connectivity index (χ3n) is 1.21. The van der Waals surface area contributed by atoms with E-state index >= 15 is 0 Å². The second-order valence-corrected chi connectivity index (χ2v) is 6.65. The molecule has 0 N–H and O–H groups in total. The van der Waals surface area contributed by atoms with Crippen LogP contribution in [0.4, 0.5) is 0 Å². The predicted molar refractivity (Wildman–Crippen MR) is 43.2 cm³/mol. The minimum absolute atomic E-state index is 0.730. The van der Waals surface area contributed by atoms with Gasteiger partial charge in [0.15, 0.2) is 0 Å². The summed E-state index contributed by atoms with van der Waals surface area (Å²) in [5.74, 6) is 0. The molecule has 0 aromatic carbocycles. The number of rotatable bonds is 4. The lowest BCUT2D eigenvalue weighted by Gasteiger charge is -1.96. The zero-order chi connectivity index (χ0) is 6.41. The lowest BCUT2D eigenvalue weighted by Crippen LogP contribution is -1.93. The highest BCUT2D eigenvalue weighted by atomic mass is 35.6. The molecular formula is C6H15ClSi. The predicted octanol–water partition coefficient (Wildman–Crippen LogP) is 2.77. The molecule has 0 saturated carbocycles. The molecule has 0 fully saturated rings. The molecular weight excluding hydrogens is 136 g/mol. The molecule has 0 bridgehead atoms. The van der Waals surface area contributed by atoms with Gasteiger partial charge in [-0.2, -0.15) is 11.1 Å². The van der Waals surface area contributed by atoms with Crippen LogP contribution in [0.15, 0.2) is 0 Å². The van der Waals surface area contributed by atoms with Crippen molar-refractivity contribution >= 4 is 19.2 Å². The molecule has 0 saturated heterocycles. The Bertz CT molecular complexity index is 45.8. The van der Waals surface area contributed by atoms with Crippen molar-refractivity contribution < 1.29 is 0 Å². The molecule has 1 unspecified atom stereocenters. The van der Waals surface area contributed by atoms with Gasteiger partial charge in [0.2, 0.25) is 0 Å². The summed E-state index contributed by atoms with van der Waals surface area (Å²) < 4.78 is 0. The first-order valence-electron chi connectivity index (χ1n) is 3.41. The highest BCUT2D eigenvalue weighted by molar-refractivity contribution is 7.06. The normalized spacial score (nSPS) is 13.9. The summed E-state index contributed by atoms with van der Waals surface area (Å²) in [4.78, 5) is 0. The molecule has 8 heavy (non-hydrogen) atoms. The van der Waals surface area contributed by atoms with E-state index in [4.69, 9.17) is 11.1 Å². The van der Waals surface area contributed by atoms with Crippen molar-refractivity contribution in [2.24, 2.45) is 0 Å². The van der Waals surface area contributed by atoms with Crippen molar-refractivity contribution in [3.63, 3.8) is 0 Å². The fraction of sp³-hybridized carbons (Fsp3) is 1.00. The Kier molecular flexibility index (Phi) is 6.00. The van der Waals surface area contributed by atoms with Crippen LogP contribution in [-0.2, 0) is 0 Å². The SMILES string of the molecule is CCCCC[SiH](C)Cl. The zero-order valence-corrected chi connectivity index (χ0v) is 7.69. The molecule has 2 heteroatoms. The van der Waals surface area contributed by atoms with Gasteiger partial charge in [0, 0.05) is 0 Å². The molecule has 0 aliphatic carbocycles. The van der Waals surface area contributed by atoms with Gasteiger partial charge < -0.3 is 0 Å². The Morgan fingerprint density at radius 3 is 2.38 bits per heavy atom. The summed E-state index contributed by atoms with van der Waals surface area (Å²) in [5.41, 5.74) is 0. The van der Waals surface area contributed by atoms with Gasteiger partial charge in [-0.05, 0) is 6.04 Å². The quantitative estimate of drug-likeness (QED) is 0.329. The molecule has 50 valence electrons. The van der Waals surface area contributed by atoms with Crippen LogP contribution in [0.3, 0.4) is 0 Å². The monoisotopic (exact) mass is 150 g/mol. The number of hydrogen-bond acceptors (Lipinski definition) is 0. The standard InChI is InChI=1S/C6H15ClSi/c1-3-4-5-6-8(2)7/h8H,3-6H2,1-2H3. The minimum atomic E-state index is -0.730. The van der Waals surface area contributed by atoms with Crippen LogP contribution in [0.2, 0.25) is 12.6 Å². The molecule has 0 aromatic rings. The van der Waals surface area contributed by atoms with Crippen LogP contribution < -0.4 is 0 Å². The van der Waals surface area contributed by atoms with Crippen molar-refractivity contribution in [1.29, 1.82) is 0 Å². The van der Waals surface area contributed by atoms with E-state index < -0.39 is 8.11 Å². The molecule has 1 atom stereocenters. The van der Waals surface area contributed by atoms with Crippen LogP contribution in [0.1, 0.15) is 26.2 Å². The van der Waals surface area contributed by atoms with Gasteiger partial charge in [-0.1, -0.05) is 32.7 Å². The Morgan fingerprint density at radius 1 is 1.38 bits per heavy atom. The minimum Gasteiger partial charge on any atom is -0.172 e. The number of hydrogen-bond donors (Lipinski definition) is 0. The zero-order valence-electron chi connectivity index (χ0n) is 5.78. The van der Waals surface area contributed by atoms with E-state index in [1.165, 1.54) is 25.3 Å². The van der Waals surface area contributed by atoms with E-state index in [1.807, 2.05) is 0 Å². The van der Waals surface area contributed by atoms with Crippen LogP contribution in [0.25, 0.3) is 0 Å². The maximum absolute atomic E-state index is 5.85. The van der Waals surface area contributed by atoms with Crippen molar-refractivity contribution in [1.82, 2.24) is 0 Å². The maximum atomic E-state index is 5.85. The van der Waals surface area contributed by atoms with Gasteiger partial charge in [-0.15, -0.1) is 0 Å². The molecule has 0 nitrogen and oxygen atoms in total. The van der Waals surface area contributed by atoms with Crippen molar-refractivity contribution in [3.05, 3.63) is 0 Å². The molecule has 0 amide bonds. The Morgan fingerprint density at radius 2 is 2.00 bits per heavy atom. The van der Waals surface area contributed by atoms with E-state index in [0.717, 1.165) is 0 Å². The van der Waals surface area contributed by atoms with E-state index in [1.54, 1.807) is 0 Å². The van der Waals surface area contributed by atoms with E-state index in [0.29, 0.717) is 0 Å². The first-order valence-corrected chi connectivity index (χ1v) is 7.13. The number of halogens is 1. The third-order valence-corrected chi connectivity index (χ3v) is 3.06. The Labute approximate surface area is 58.6 Å². The molecule has 0 rings (SSSR count). The summed E-state index contributed by atoms with van der Waals surface area (Å²) >= 11 is 5.85. The van der Waals surface area contributed by atoms with Gasteiger partial charge in [0.25, 0.3) is 0 Å². The van der Waals surface area contributed by atoms with Gasteiger partial charge in [-0.25, -0.2) is 0 Å². The van der Waals surface area contributed by atoms with Gasteiger partial charge in [0.05, 0.1) is 0 Å². The maximum Gasteiger partial charge on any atom is 0.138 e. The van der Waals surface area contributed by atoms with Gasteiger partial charge in [0.1, 0.15) is 8.11 Å². The highest BCUT2D eigenvalue weighted by Gasteiger charge is 1.95. The second-order valence-electron chi connectivity index (χ2n) is 2.28. The van der Waals surface area contributed by atoms with E-state index in [2.05, 4.69) is 13.5 Å². The van der Waals surface area contributed by atoms with Crippen molar-refractivity contribution in [3.8, 4) is 0 Å². The average molecular weight is 151 g/mol. The van der Waals surface area contributed by atoms with Crippen LogP contribution in [0, 0.1) is 0 Å². The topological polar surface area (TPSA) is 0 Å². The van der Waals surface area contributed by atoms with Crippen molar-refractivity contribution in [2.75, 3.05) is 0 Å². The molecule has 0 heterocycles. The first-order chi connectivity index (χ1) is 3.77. The van der Waals surface area contributed by atoms with Crippen LogP contribution >= 0.6 is 11.1 Å². The second kappa shape index (κ2) is 5.64. The third kappa shape index (κ3) is 6.51. The molecule has 0 spiro atoms.